The van der Waals surface area contributed by atoms with E-state index in [1.54, 1.807) is 0 Å². The molecule has 1 aliphatic rings. The maximum absolute atomic E-state index is 11.9. The van der Waals surface area contributed by atoms with Crippen LogP contribution in [0, 0.1) is 0 Å². The van der Waals surface area contributed by atoms with E-state index in [0.29, 0.717) is 12.4 Å². The van der Waals surface area contributed by atoms with Crippen LogP contribution in [0.4, 0.5) is 11.6 Å². The highest BCUT2D eigenvalue weighted by Gasteiger charge is 2.38. The van der Waals surface area contributed by atoms with Crippen LogP contribution >= 0.6 is 0 Å². The molecule has 0 saturated carbocycles. The number of hydrogen-bond acceptors (Lipinski definition) is 3. The topological polar surface area (TPSA) is 86.9 Å². The minimum atomic E-state index is -0.555. The van der Waals surface area contributed by atoms with Gasteiger partial charge in [-0.1, -0.05) is 6.92 Å². The van der Waals surface area contributed by atoms with Gasteiger partial charge in [0, 0.05) is 12.1 Å². The SMILES string of the molecule is CCCC(=O)Nc1nc2cc3c(cc2[nH]1)C(C)(C)C(=O)N3. The molecule has 1 aromatic heterocycles. The average Bonchev–Trinajstić information content (AvgIpc) is 2.87. The molecule has 0 aliphatic carbocycles. The molecule has 0 unspecified atom stereocenters. The predicted octanol–water partition coefficient (Wildman–Crippen LogP) is 2.53. The third-order valence-corrected chi connectivity index (χ3v) is 3.85. The summed E-state index contributed by atoms with van der Waals surface area (Å²) in [5.74, 6) is 0.371. The first-order chi connectivity index (χ1) is 9.91. The lowest BCUT2D eigenvalue weighted by Gasteiger charge is -2.14. The summed E-state index contributed by atoms with van der Waals surface area (Å²) in [6.07, 6.45) is 1.26. The lowest BCUT2D eigenvalue weighted by Crippen LogP contribution is -2.26. The second-order valence-corrected chi connectivity index (χ2v) is 5.88. The fraction of sp³-hybridized carbons (Fsp3) is 0.400. The number of carbonyl (C=O) groups is 2. The first-order valence-electron chi connectivity index (χ1n) is 7.07. The van der Waals surface area contributed by atoms with Gasteiger partial charge in [-0.25, -0.2) is 4.98 Å². The molecule has 3 N–H and O–H groups in total. The molecule has 1 aromatic carbocycles. The monoisotopic (exact) mass is 286 g/mol. The summed E-state index contributed by atoms with van der Waals surface area (Å²) in [6, 6.07) is 3.76. The van der Waals surface area contributed by atoms with Crippen LogP contribution in [0.25, 0.3) is 11.0 Å². The Morgan fingerprint density at radius 2 is 2.14 bits per heavy atom. The smallest absolute Gasteiger partial charge is 0.234 e. The van der Waals surface area contributed by atoms with Gasteiger partial charge < -0.3 is 10.3 Å². The van der Waals surface area contributed by atoms with Gasteiger partial charge in [-0.3, -0.25) is 14.9 Å². The third-order valence-electron chi connectivity index (χ3n) is 3.85. The van der Waals surface area contributed by atoms with Crippen molar-refractivity contribution in [3.63, 3.8) is 0 Å². The molecule has 110 valence electrons. The van der Waals surface area contributed by atoms with Gasteiger partial charge in [0.1, 0.15) is 0 Å². The minimum absolute atomic E-state index is 0.0124. The summed E-state index contributed by atoms with van der Waals surface area (Å²) >= 11 is 0. The predicted molar refractivity (Wildman–Crippen MR) is 81.3 cm³/mol. The number of aromatic nitrogens is 2. The van der Waals surface area contributed by atoms with Crippen LogP contribution < -0.4 is 10.6 Å². The summed E-state index contributed by atoms with van der Waals surface area (Å²) in [5, 5.41) is 5.61. The van der Waals surface area contributed by atoms with Crippen molar-refractivity contribution in [3.8, 4) is 0 Å². The van der Waals surface area contributed by atoms with E-state index in [2.05, 4.69) is 20.6 Å². The lowest BCUT2D eigenvalue weighted by molar-refractivity contribution is -0.119. The number of imidazole rings is 1. The Balaban J connectivity index is 1.98. The Bertz CT molecular complexity index is 745. The number of amides is 2. The van der Waals surface area contributed by atoms with Gasteiger partial charge >= 0.3 is 0 Å². The molecule has 0 radical (unpaired) electrons. The molecule has 2 amide bonds. The molecule has 2 heterocycles. The second-order valence-electron chi connectivity index (χ2n) is 5.88. The van der Waals surface area contributed by atoms with E-state index in [1.807, 2.05) is 32.9 Å². The number of fused-ring (bicyclic) bond motifs is 2. The molecule has 21 heavy (non-hydrogen) atoms. The van der Waals surface area contributed by atoms with Crippen LogP contribution in [0.15, 0.2) is 12.1 Å². The first-order valence-corrected chi connectivity index (χ1v) is 7.07. The molecule has 1 aliphatic heterocycles. The van der Waals surface area contributed by atoms with Gasteiger partial charge in [-0.2, -0.15) is 0 Å². The average molecular weight is 286 g/mol. The van der Waals surface area contributed by atoms with Crippen LogP contribution in [0.3, 0.4) is 0 Å². The van der Waals surface area contributed by atoms with Gasteiger partial charge in [0.15, 0.2) is 0 Å². The Morgan fingerprint density at radius 3 is 2.86 bits per heavy atom. The van der Waals surface area contributed by atoms with E-state index >= 15 is 0 Å². The van der Waals surface area contributed by atoms with Crippen LogP contribution in [0.5, 0.6) is 0 Å². The summed E-state index contributed by atoms with van der Waals surface area (Å²) in [5.41, 5.74) is 2.70. The van der Waals surface area contributed by atoms with E-state index in [4.69, 9.17) is 0 Å². The first kappa shape index (κ1) is 13.6. The van der Waals surface area contributed by atoms with Crippen molar-refractivity contribution in [1.29, 1.82) is 0 Å². The molecule has 0 atom stereocenters. The highest BCUT2D eigenvalue weighted by molar-refractivity contribution is 6.07. The molecule has 2 aromatic rings. The Hall–Kier alpha value is -2.37. The number of carbonyl (C=O) groups excluding carboxylic acids is 2. The van der Waals surface area contributed by atoms with E-state index in [1.165, 1.54) is 0 Å². The summed E-state index contributed by atoms with van der Waals surface area (Å²) in [6.45, 7) is 5.73. The number of rotatable bonds is 3. The number of hydrogen-bond donors (Lipinski definition) is 3. The maximum atomic E-state index is 11.9. The second kappa shape index (κ2) is 4.58. The fourth-order valence-electron chi connectivity index (χ4n) is 2.56. The molecule has 3 rings (SSSR count). The fourth-order valence-corrected chi connectivity index (χ4v) is 2.56. The zero-order valence-electron chi connectivity index (χ0n) is 12.3. The van der Waals surface area contributed by atoms with Gasteiger partial charge in [-0.05, 0) is 38.0 Å². The number of nitrogens with zero attached hydrogens (tertiary/aromatic N) is 1. The van der Waals surface area contributed by atoms with Crippen molar-refractivity contribution >= 4 is 34.5 Å². The molecular formula is C15H18N4O2. The van der Waals surface area contributed by atoms with Crippen molar-refractivity contribution in [2.24, 2.45) is 0 Å². The highest BCUT2D eigenvalue weighted by atomic mass is 16.2. The van der Waals surface area contributed by atoms with Crippen molar-refractivity contribution in [3.05, 3.63) is 17.7 Å². The minimum Gasteiger partial charge on any atom is -0.325 e. The maximum Gasteiger partial charge on any atom is 0.234 e. The van der Waals surface area contributed by atoms with E-state index < -0.39 is 5.41 Å². The standard InChI is InChI=1S/C15H18N4O2/c1-4-5-12(20)19-14-17-10-6-8-9(7-11(10)18-14)16-13(21)15(8,2)3/h6-7H,4-5H2,1-3H3,(H,16,21)(H2,17,18,19,20). The Morgan fingerprint density at radius 1 is 1.38 bits per heavy atom. The molecule has 0 saturated heterocycles. The van der Waals surface area contributed by atoms with Gasteiger partial charge in [0.2, 0.25) is 17.8 Å². The lowest BCUT2D eigenvalue weighted by atomic mass is 9.86. The zero-order valence-corrected chi connectivity index (χ0v) is 12.3. The molecule has 6 heteroatoms. The van der Waals surface area contributed by atoms with Crippen LogP contribution in [-0.2, 0) is 15.0 Å². The molecule has 0 bridgehead atoms. The summed E-state index contributed by atoms with van der Waals surface area (Å²) in [4.78, 5) is 31.0. The van der Waals surface area contributed by atoms with Gasteiger partial charge in [-0.15, -0.1) is 0 Å². The van der Waals surface area contributed by atoms with Crippen molar-refractivity contribution < 1.29 is 9.59 Å². The van der Waals surface area contributed by atoms with Crippen molar-refractivity contribution in [2.75, 3.05) is 10.6 Å². The normalized spacial score (nSPS) is 15.9. The molecule has 0 spiro atoms. The zero-order chi connectivity index (χ0) is 15.2. The van der Waals surface area contributed by atoms with E-state index in [9.17, 15) is 9.59 Å². The van der Waals surface area contributed by atoms with Crippen LogP contribution in [0.1, 0.15) is 39.2 Å². The van der Waals surface area contributed by atoms with Gasteiger partial charge in [0.25, 0.3) is 0 Å². The molecule has 6 nitrogen and oxygen atoms in total. The largest absolute Gasteiger partial charge is 0.325 e. The van der Waals surface area contributed by atoms with Gasteiger partial charge in [0.05, 0.1) is 16.4 Å². The van der Waals surface area contributed by atoms with Crippen molar-refractivity contribution in [1.82, 2.24) is 9.97 Å². The van der Waals surface area contributed by atoms with E-state index in [-0.39, 0.29) is 11.8 Å². The van der Waals surface area contributed by atoms with Crippen LogP contribution in [0.2, 0.25) is 0 Å². The number of H-pyrrole nitrogens is 1. The molecular weight excluding hydrogens is 268 g/mol. The quantitative estimate of drug-likeness (QED) is 0.810. The third kappa shape index (κ3) is 2.16. The highest BCUT2D eigenvalue weighted by Crippen LogP contribution is 2.39. The Labute approximate surface area is 122 Å². The summed E-state index contributed by atoms with van der Waals surface area (Å²) in [7, 11) is 0. The Kier molecular flexibility index (Phi) is 2.97. The number of aromatic amines is 1. The van der Waals surface area contributed by atoms with Crippen molar-refractivity contribution in [2.45, 2.75) is 39.0 Å². The number of nitrogens with one attached hydrogen (secondary N) is 3. The summed E-state index contributed by atoms with van der Waals surface area (Å²) < 4.78 is 0. The number of anilines is 2. The molecule has 0 fully saturated rings. The number of benzene rings is 1. The van der Waals surface area contributed by atoms with E-state index in [0.717, 1.165) is 28.7 Å². The van der Waals surface area contributed by atoms with Crippen LogP contribution in [-0.4, -0.2) is 21.8 Å².